The van der Waals surface area contributed by atoms with Gasteiger partial charge in [0.1, 0.15) is 0 Å². The second-order valence-corrected chi connectivity index (χ2v) is 8.55. The van der Waals surface area contributed by atoms with Crippen molar-refractivity contribution in [3.63, 3.8) is 0 Å². The zero-order valence-corrected chi connectivity index (χ0v) is 18.1. The largest absolute Gasteiger partial charge is 0.398 e. The van der Waals surface area contributed by atoms with Crippen LogP contribution in [-0.2, 0) is 0 Å². The molecule has 0 aliphatic heterocycles. The summed E-state index contributed by atoms with van der Waals surface area (Å²) in [6.07, 6.45) is 5.93. The molecule has 4 N–H and O–H groups in total. The zero-order chi connectivity index (χ0) is 20.8. The molecule has 0 spiro atoms. The summed E-state index contributed by atoms with van der Waals surface area (Å²) in [5, 5.41) is 13.3. The number of anilines is 1. The SMILES string of the molecule is C/C=C/C(=N)c1sc2ccccc2c1NCC(/C=C(\N)c1ccccc1)C(C)C. The third-order valence-electron chi connectivity index (χ3n) is 5.05. The lowest BCUT2D eigenvalue weighted by Gasteiger charge is -2.20. The first-order chi connectivity index (χ1) is 14.0. The summed E-state index contributed by atoms with van der Waals surface area (Å²) in [6, 6.07) is 18.4. The predicted molar refractivity (Wildman–Crippen MR) is 129 cm³/mol. The van der Waals surface area contributed by atoms with E-state index in [0.29, 0.717) is 11.6 Å². The van der Waals surface area contributed by atoms with E-state index in [1.54, 1.807) is 11.3 Å². The van der Waals surface area contributed by atoms with Crippen LogP contribution in [0.15, 0.2) is 72.8 Å². The molecular weight excluding hydrogens is 374 g/mol. The van der Waals surface area contributed by atoms with E-state index in [1.165, 1.54) is 10.1 Å². The number of fused-ring (bicyclic) bond motifs is 1. The van der Waals surface area contributed by atoms with Crippen LogP contribution < -0.4 is 11.1 Å². The summed E-state index contributed by atoms with van der Waals surface area (Å²) >= 11 is 1.66. The van der Waals surface area contributed by atoms with Crippen molar-refractivity contribution in [1.82, 2.24) is 0 Å². The Morgan fingerprint density at radius 1 is 1.10 bits per heavy atom. The minimum atomic E-state index is 0.276. The normalized spacial score (nSPS) is 13.3. The van der Waals surface area contributed by atoms with Gasteiger partial charge in [-0.25, -0.2) is 0 Å². The first-order valence-electron chi connectivity index (χ1n) is 10.0. The fourth-order valence-corrected chi connectivity index (χ4v) is 4.43. The van der Waals surface area contributed by atoms with Crippen LogP contribution in [0.2, 0.25) is 0 Å². The second-order valence-electron chi connectivity index (χ2n) is 7.49. The number of benzene rings is 2. The highest BCUT2D eigenvalue weighted by Gasteiger charge is 2.17. The van der Waals surface area contributed by atoms with E-state index in [9.17, 15) is 0 Å². The third kappa shape index (κ3) is 4.96. The summed E-state index contributed by atoms with van der Waals surface area (Å²) in [4.78, 5) is 0.979. The molecule has 1 unspecified atom stereocenters. The van der Waals surface area contributed by atoms with Crippen molar-refractivity contribution in [1.29, 1.82) is 5.41 Å². The van der Waals surface area contributed by atoms with Gasteiger partial charge in [-0.2, -0.15) is 0 Å². The molecule has 1 aromatic heterocycles. The molecule has 0 saturated carbocycles. The number of hydrogen-bond donors (Lipinski definition) is 3. The van der Waals surface area contributed by atoms with Crippen LogP contribution in [0, 0.1) is 17.2 Å². The molecule has 3 aromatic rings. The molecule has 2 aromatic carbocycles. The van der Waals surface area contributed by atoms with E-state index in [4.69, 9.17) is 11.1 Å². The topological polar surface area (TPSA) is 61.9 Å². The minimum Gasteiger partial charge on any atom is -0.398 e. The van der Waals surface area contributed by atoms with Gasteiger partial charge in [-0.15, -0.1) is 11.3 Å². The summed E-state index contributed by atoms with van der Waals surface area (Å²) < 4.78 is 1.19. The van der Waals surface area contributed by atoms with Crippen molar-refractivity contribution in [3.8, 4) is 0 Å². The van der Waals surface area contributed by atoms with Gasteiger partial charge in [-0.1, -0.05) is 74.5 Å². The van der Waals surface area contributed by atoms with Crippen molar-refractivity contribution < 1.29 is 0 Å². The Labute approximate surface area is 177 Å². The number of rotatable bonds is 8. The molecule has 0 saturated heterocycles. The summed E-state index contributed by atoms with van der Waals surface area (Å²) in [5.41, 5.74) is 9.83. The van der Waals surface area contributed by atoms with E-state index in [2.05, 4.69) is 43.4 Å². The van der Waals surface area contributed by atoms with Crippen LogP contribution in [-0.4, -0.2) is 12.3 Å². The maximum absolute atomic E-state index is 8.45. The van der Waals surface area contributed by atoms with E-state index in [1.807, 2.05) is 55.5 Å². The van der Waals surface area contributed by atoms with Gasteiger partial charge >= 0.3 is 0 Å². The molecular formula is C25H29N3S. The highest BCUT2D eigenvalue weighted by molar-refractivity contribution is 7.21. The van der Waals surface area contributed by atoms with Gasteiger partial charge in [0.05, 0.1) is 16.3 Å². The predicted octanol–water partition coefficient (Wildman–Crippen LogP) is 6.53. The Morgan fingerprint density at radius 2 is 1.79 bits per heavy atom. The number of hydrogen-bond acceptors (Lipinski definition) is 4. The van der Waals surface area contributed by atoms with Crippen LogP contribution in [0.25, 0.3) is 15.8 Å². The smallest absolute Gasteiger partial charge is 0.0763 e. The van der Waals surface area contributed by atoms with Crippen molar-refractivity contribution in [2.75, 3.05) is 11.9 Å². The average Bonchev–Trinajstić information content (AvgIpc) is 3.10. The molecule has 0 aliphatic rings. The fraction of sp³-hybridized carbons (Fsp3) is 0.240. The van der Waals surface area contributed by atoms with Gasteiger partial charge in [0, 0.05) is 22.3 Å². The van der Waals surface area contributed by atoms with Gasteiger partial charge in [-0.3, -0.25) is 5.41 Å². The van der Waals surface area contributed by atoms with Gasteiger partial charge in [0.25, 0.3) is 0 Å². The number of thiophene rings is 1. The van der Waals surface area contributed by atoms with Gasteiger partial charge in [-0.05, 0) is 36.5 Å². The highest BCUT2D eigenvalue weighted by Crippen LogP contribution is 2.36. The Morgan fingerprint density at radius 3 is 2.48 bits per heavy atom. The van der Waals surface area contributed by atoms with Crippen LogP contribution in [0.5, 0.6) is 0 Å². The molecule has 1 heterocycles. The minimum absolute atomic E-state index is 0.276. The molecule has 150 valence electrons. The van der Waals surface area contributed by atoms with Crippen LogP contribution in [0.4, 0.5) is 5.69 Å². The monoisotopic (exact) mass is 403 g/mol. The summed E-state index contributed by atoms with van der Waals surface area (Å²) in [5.74, 6) is 0.714. The van der Waals surface area contributed by atoms with Crippen LogP contribution >= 0.6 is 11.3 Å². The summed E-state index contributed by atoms with van der Waals surface area (Å²) in [7, 11) is 0. The first-order valence-corrected chi connectivity index (χ1v) is 10.8. The average molecular weight is 404 g/mol. The molecule has 0 bridgehead atoms. The van der Waals surface area contributed by atoms with Gasteiger partial charge in [0.15, 0.2) is 0 Å². The lowest BCUT2D eigenvalue weighted by atomic mass is 9.93. The second kappa shape index (κ2) is 9.57. The zero-order valence-electron chi connectivity index (χ0n) is 17.3. The molecule has 0 amide bonds. The van der Waals surface area contributed by atoms with Gasteiger partial charge in [0.2, 0.25) is 0 Å². The molecule has 0 radical (unpaired) electrons. The number of allylic oxidation sites excluding steroid dienone is 2. The van der Waals surface area contributed by atoms with E-state index in [-0.39, 0.29) is 5.92 Å². The molecule has 4 heteroatoms. The quantitative estimate of drug-likeness (QED) is 0.374. The van der Waals surface area contributed by atoms with Crippen molar-refractivity contribution in [2.45, 2.75) is 20.8 Å². The Bertz CT molecular complexity index is 1030. The maximum atomic E-state index is 8.45. The maximum Gasteiger partial charge on any atom is 0.0763 e. The Balaban J connectivity index is 1.89. The van der Waals surface area contributed by atoms with Crippen molar-refractivity contribution in [2.24, 2.45) is 17.6 Å². The van der Waals surface area contributed by atoms with Crippen LogP contribution in [0.1, 0.15) is 31.2 Å². The number of nitrogens with two attached hydrogens (primary N) is 1. The van der Waals surface area contributed by atoms with Crippen molar-refractivity contribution in [3.05, 3.63) is 83.3 Å². The third-order valence-corrected chi connectivity index (χ3v) is 6.25. The molecule has 1 atom stereocenters. The molecule has 0 aliphatic carbocycles. The Kier molecular flexibility index (Phi) is 6.89. The molecule has 29 heavy (non-hydrogen) atoms. The van der Waals surface area contributed by atoms with E-state index in [0.717, 1.165) is 28.4 Å². The molecule has 0 fully saturated rings. The lowest BCUT2D eigenvalue weighted by Crippen LogP contribution is -2.19. The Hall–Kier alpha value is -2.85. The summed E-state index contributed by atoms with van der Waals surface area (Å²) in [6.45, 7) is 7.15. The van der Waals surface area contributed by atoms with E-state index >= 15 is 0 Å². The first kappa shape index (κ1) is 20.9. The number of nitrogens with one attached hydrogen (secondary N) is 2. The van der Waals surface area contributed by atoms with E-state index < -0.39 is 0 Å². The van der Waals surface area contributed by atoms with Crippen molar-refractivity contribution >= 4 is 38.5 Å². The highest BCUT2D eigenvalue weighted by atomic mass is 32.1. The van der Waals surface area contributed by atoms with Gasteiger partial charge < -0.3 is 11.1 Å². The molecule has 3 nitrogen and oxygen atoms in total. The standard InChI is InChI=1S/C25H29N3S/c1-4-10-21(26)25-24(20-13-8-9-14-23(20)29-25)28-16-19(17(2)3)15-22(27)18-11-6-5-7-12-18/h4-15,17,19,26,28H,16,27H2,1-3H3/b10-4+,22-15-,26-21?. The lowest BCUT2D eigenvalue weighted by molar-refractivity contribution is 0.486. The molecule has 3 rings (SSSR count). The fourth-order valence-electron chi connectivity index (χ4n) is 3.32. The van der Waals surface area contributed by atoms with Crippen LogP contribution in [0.3, 0.4) is 0 Å².